The van der Waals surface area contributed by atoms with Crippen LogP contribution in [0.3, 0.4) is 0 Å². The van der Waals surface area contributed by atoms with Gasteiger partial charge in [0.2, 0.25) is 0 Å². The van der Waals surface area contributed by atoms with Gasteiger partial charge in [0.1, 0.15) is 0 Å². The number of halogens is 2. The molecule has 1 N–H and O–H groups in total. The van der Waals surface area contributed by atoms with Gasteiger partial charge >= 0.3 is 0 Å². The molecule has 1 aromatic heterocycles. The second-order valence-corrected chi connectivity index (χ2v) is 4.57. The van der Waals surface area contributed by atoms with Gasteiger partial charge < -0.3 is 14.6 Å². The Kier molecular flexibility index (Phi) is 5.26. The SMILES string of the molecule is COCCNCc1ccn(Cc2cccc(F)c2F)c1. The smallest absolute Gasteiger partial charge is 0.163 e. The zero-order valence-corrected chi connectivity index (χ0v) is 11.4. The van der Waals surface area contributed by atoms with Crippen LogP contribution in [0.5, 0.6) is 0 Å². The molecule has 0 spiro atoms. The van der Waals surface area contributed by atoms with Gasteiger partial charge in [-0.3, -0.25) is 0 Å². The largest absolute Gasteiger partial charge is 0.383 e. The number of methoxy groups -OCH3 is 1. The number of rotatable bonds is 7. The Morgan fingerprint density at radius 3 is 2.90 bits per heavy atom. The van der Waals surface area contributed by atoms with Crippen LogP contribution in [0, 0.1) is 11.6 Å². The van der Waals surface area contributed by atoms with Crippen LogP contribution >= 0.6 is 0 Å². The van der Waals surface area contributed by atoms with Crippen molar-refractivity contribution in [3.8, 4) is 0 Å². The molecule has 0 aliphatic carbocycles. The van der Waals surface area contributed by atoms with E-state index >= 15 is 0 Å². The molecule has 0 fully saturated rings. The Bertz CT molecular complexity index is 555. The van der Waals surface area contributed by atoms with E-state index in [2.05, 4.69) is 5.32 Å². The van der Waals surface area contributed by atoms with Crippen molar-refractivity contribution in [1.82, 2.24) is 9.88 Å². The van der Waals surface area contributed by atoms with Crippen molar-refractivity contribution >= 4 is 0 Å². The number of aromatic nitrogens is 1. The second-order valence-electron chi connectivity index (χ2n) is 4.57. The molecular weight excluding hydrogens is 262 g/mol. The third kappa shape index (κ3) is 3.88. The number of ether oxygens (including phenoxy) is 1. The number of hydrogen-bond donors (Lipinski definition) is 1. The topological polar surface area (TPSA) is 26.2 Å². The van der Waals surface area contributed by atoms with E-state index in [4.69, 9.17) is 4.74 Å². The summed E-state index contributed by atoms with van der Waals surface area (Å²) >= 11 is 0. The maximum absolute atomic E-state index is 13.6. The molecule has 0 saturated heterocycles. The third-order valence-corrected chi connectivity index (χ3v) is 3.01. The van der Waals surface area contributed by atoms with Crippen molar-refractivity contribution in [2.24, 2.45) is 0 Å². The van der Waals surface area contributed by atoms with Crippen LogP contribution in [-0.2, 0) is 17.8 Å². The molecule has 0 unspecified atom stereocenters. The summed E-state index contributed by atoms with van der Waals surface area (Å²) in [6.07, 6.45) is 3.78. The van der Waals surface area contributed by atoms with Crippen molar-refractivity contribution in [1.29, 1.82) is 0 Å². The summed E-state index contributed by atoms with van der Waals surface area (Å²) in [7, 11) is 1.66. The van der Waals surface area contributed by atoms with Gasteiger partial charge in [0.25, 0.3) is 0 Å². The van der Waals surface area contributed by atoms with Crippen LogP contribution in [0.4, 0.5) is 8.78 Å². The van der Waals surface area contributed by atoms with E-state index in [9.17, 15) is 8.78 Å². The van der Waals surface area contributed by atoms with Gasteiger partial charge in [-0.05, 0) is 17.7 Å². The van der Waals surface area contributed by atoms with Crippen LogP contribution in [0.15, 0.2) is 36.7 Å². The highest BCUT2D eigenvalue weighted by Crippen LogP contribution is 2.13. The summed E-state index contributed by atoms with van der Waals surface area (Å²) in [6, 6.07) is 6.19. The molecule has 0 amide bonds. The normalized spacial score (nSPS) is 10.9. The molecule has 0 bridgehead atoms. The van der Waals surface area contributed by atoms with Crippen molar-refractivity contribution in [2.75, 3.05) is 20.3 Å². The van der Waals surface area contributed by atoms with E-state index in [1.54, 1.807) is 13.2 Å². The molecule has 1 aromatic carbocycles. The summed E-state index contributed by atoms with van der Waals surface area (Å²) in [4.78, 5) is 0. The van der Waals surface area contributed by atoms with Gasteiger partial charge in [-0.2, -0.15) is 0 Å². The van der Waals surface area contributed by atoms with E-state index in [1.807, 2.05) is 23.0 Å². The Balaban J connectivity index is 1.94. The van der Waals surface area contributed by atoms with E-state index in [-0.39, 0.29) is 0 Å². The van der Waals surface area contributed by atoms with Gasteiger partial charge in [0.05, 0.1) is 6.61 Å². The molecule has 3 nitrogen and oxygen atoms in total. The van der Waals surface area contributed by atoms with Crippen molar-refractivity contribution in [3.63, 3.8) is 0 Å². The third-order valence-electron chi connectivity index (χ3n) is 3.01. The average Bonchev–Trinajstić information content (AvgIpc) is 2.88. The predicted molar refractivity (Wildman–Crippen MR) is 73.5 cm³/mol. The highest BCUT2D eigenvalue weighted by atomic mass is 19.2. The Hall–Kier alpha value is -1.72. The molecule has 5 heteroatoms. The zero-order chi connectivity index (χ0) is 14.4. The molecular formula is C15H18F2N2O. The van der Waals surface area contributed by atoms with Crippen molar-refractivity contribution in [3.05, 3.63) is 59.4 Å². The first-order valence-electron chi connectivity index (χ1n) is 6.48. The van der Waals surface area contributed by atoms with Gasteiger partial charge in [-0.1, -0.05) is 12.1 Å². The van der Waals surface area contributed by atoms with E-state index in [0.717, 1.165) is 24.7 Å². The summed E-state index contributed by atoms with van der Waals surface area (Å²) in [5, 5.41) is 3.23. The van der Waals surface area contributed by atoms with Gasteiger partial charge in [0.15, 0.2) is 11.6 Å². The first-order chi connectivity index (χ1) is 9.70. The zero-order valence-electron chi connectivity index (χ0n) is 11.4. The fraction of sp³-hybridized carbons (Fsp3) is 0.333. The minimum Gasteiger partial charge on any atom is -0.383 e. The van der Waals surface area contributed by atoms with Gasteiger partial charge in [-0.25, -0.2) is 8.78 Å². The van der Waals surface area contributed by atoms with Crippen LogP contribution in [-0.4, -0.2) is 24.8 Å². The van der Waals surface area contributed by atoms with Crippen molar-refractivity contribution in [2.45, 2.75) is 13.1 Å². The van der Waals surface area contributed by atoms with E-state index < -0.39 is 11.6 Å². The Morgan fingerprint density at radius 2 is 2.10 bits per heavy atom. The summed E-state index contributed by atoms with van der Waals surface area (Å²) in [5.41, 5.74) is 1.44. The van der Waals surface area contributed by atoms with Gasteiger partial charge in [0, 0.05) is 44.7 Å². The summed E-state index contributed by atoms with van der Waals surface area (Å²) in [6.45, 7) is 2.49. The number of benzene rings is 1. The molecule has 20 heavy (non-hydrogen) atoms. The lowest BCUT2D eigenvalue weighted by atomic mass is 10.2. The Labute approximate surface area is 117 Å². The standard InChI is InChI=1S/C15H18F2N2O/c1-20-8-6-18-9-12-5-7-19(10-12)11-13-3-2-4-14(16)15(13)17/h2-5,7,10,18H,6,8-9,11H2,1H3. The fourth-order valence-electron chi connectivity index (χ4n) is 1.97. The van der Waals surface area contributed by atoms with Crippen LogP contribution in [0.2, 0.25) is 0 Å². The molecule has 2 rings (SSSR count). The van der Waals surface area contributed by atoms with E-state index in [0.29, 0.717) is 18.7 Å². The molecule has 1 heterocycles. The first-order valence-corrected chi connectivity index (χ1v) is 6.48. The highest BCUT2D eigenvalue weighted by Gasteiger charge is 2.08. The fourth-order valence-corrected chi connectivity index (χ4v) is 1.97. The maximum Gasteiger partial charge on any atom is 0.163 e. The molecule has 0 aliphatic heterocycles. The number of hydrogen-bond acceptors (Lipinski definition) is 2. The molecule has 0 saturated carbocycles. The van der Waals surface area contributed by atoms with Crippen LogP contribution in [0.25, 0.3) is 0 Å². The molecule has 2 aromatic rings. The average molecular weight is 280 g/mol. The molecule has 0 radical (unpaired) electrons. The second kappa shape index (κ2) is 7.17. The first kappa shape index (κ1) is 14.7. The minimum absolute atomic E-state index is 0.321. The highest BCUT2D eigenvalue weighted by molar-refractivity contribution is 5.20. The van der Waals surface area contributed by atoms with Crippen molar-refractivity contribution < 1.29 is 13.5 Å². The summed E-state index contributed by atoms with van der Waals surface area (Å²) < 4.78 is 33.5. The molecule has 0 atom stereocenters. The minimum atomic E-state index is -0.809. The number of nitrogens with one attached hydrogen (secondary N) is 1. The van der Waals surface area contributed by atoms with Crippen LogP contribution in [0.1, 0.15) is 11.1 Å². The van der Waals surface area contributed by atoms with E-state index in [1.165, 1.54) is 6.07 Å². The lowest BCUT2D eigenvalue weighted by molar-refractivity contribution is 0.199. The molecule has 108 valence electrons. The quantitative estimate of drug-likeness (QED) is 0.789. The monoisotopic (exact) mass is 280 g/mol. The lowest BCUT2D eigenvalue weighted by Crippen LogP contribution is -2.18. The predicted octanol–water partition coefficient (Wildman–Crippen LogP) is 2.55. The lowest BCUT2D eigenvalue weighted by Gasteiger charge is -2.05. The maximum atomic E-state index is 13.6. The van der Waals surface area contributed by atoms with Gasteiger partial charge in [-0.15, -0.1) is 0 Å². The Morgan fingerprint density at radius 1 is 1.25 bits per heavy atom. The van der Waals surface area contributed by atoms with Crippen LogP contribution < -0.4 is 5.32 Å². The summed E-state index contributed by atoms with van der Waals surface area (Å²) in [5.74, 6) is -1.59. The number of nitrogens with zero attached hydrogens (tertiary/aromatic N) is 1. The molecule has 0 aliphatic rings.